The van der Waals surface area contributed by atoms with Crippen LogP contribution in [0.3, 0.4) is 0 Å². The van der Waals surface area contributed by atoms with Gasteiger partial charge < -0.3 is 15.2 Å². The summed E-state index contributed by atoms with van der Waals surface area (Å²) < 4.78 is 5.09. The van der Waals surface area contributed by atoms with Gasteiger partial charge in [-0.05, 0) is 42.9 Å². The molecule has 1 aromatic carbocycles. The first-order valence-corrected chi connectivity index (χ1v) is 6.95. The molecule has 0 fully saturated rings. The van der Waals surface area contributed by atoms with Crippen LogP contribution < -0.4 is 10.1 Å². The largest absolute Gasteiger partial charge is 0.497 e. The number of hydrogen-bond donors (Lipinski definition) is 2. The second-order valence-corrected chi connectivity index (χ2v) is 5.07. The van der Waals surface area contributed by atoms with Crippen LogP contribution in [0.2, 0.25) is 0 Å². The number of hydrogen-bond acceptors (Lipinski definition) is 3. The number of amides is 1. The van der Waals surface area contributed by atoms with Gasteiger partial charge in [0.05, 0.1) is 7.11 Å². The molecular weight excluding hydrogens is 254 g/mol. The summed E-state index contributed by atoms with van der Waals surface area (Å²) in [5, 5.41) is 12.9. The van der Waals surface area contributed by atoms with Gasteiger partial charge in [0.15, 0.2) is 6.10 Å². The number of carbonyl (C=O) groups is 1. The minimum atomic E-state index is -1.15. The van der Waals surface area contributed by atoms with E-state index in [1.165, 1.54) is 0 Å². The lowest BCUT2D eigenvalue weighted by Gasteiger charge is -2.19. The lowest BCUT2D eigenvalue weighted by molar-refractivity contribution is -0.129. The van der Waals surface area contributed by atoms with Crippen LogP contribution in [0.1, 0.15) is 30.9 Å². The second kappa shape index (κ2) is 7.10. The molecule has 4 heteroatoms. The standard InChI is InChI=1S/C16H21NO3/c1-20-14-9-5-8-13(10-14)15(18)16(19)17-11-12-6-3-2-4-7-12/h2-3,5,8-10,12,15,18H,4,6-7,11H2,1H3,(H,17,19). The minimum Gasteiger partial charge on any atom is -0.497 e. The first-order valence-electron chi connectivity index (χ1n) is 6.95. The molecule has 4 nitrogen and oxygen atoms in total. The van der Waals surface area contributed by atoms with Gasteiger partial charge in [-0.1, -0.05) is 24.3 Å². The fraction of sp³-hybridized carbons (Fsp3) is 0.438. The first-order chi connectivity index (χ1) is 9.70. The van der Waals surface area contributed by atoms with Crippen molar-refractivity contribution in [2.24, 2.45) is 5.92 Å². The average molecular weight is 275 g/mol. The first kappa shape index (κ1) is 14.6. The normalized spacial score (nSPS) is 19.4. The second-order valence-electron chi connectivity index (χ2n) is 5.07. The summed E-state index contributed by atoms with van der Waals surface area (Å²) in [5.41, 5.74) is 0.547. The van der Waals surface area contributed by atoms with E-state index in [0.29, 0.717) is 23.8 Å². The molecule has 1 aliphatic carbocycles. The Hall–Kier alpha value is -1.81. The van der Waals surface area contributed by atoms with Crippen molar-refractivity contribution in [1.82, 2.24) is 5.32 Å². The highest BCUT2D eigenvalue weighted by Crippen LogP contribution is 2.20. The van der Waals surface area contributed by atoms with E-state index in [0.717, 1.165) is 19.3 Å². The Morgan fingerprint density at radius 3 is 3.05 bits per heavy atom. The van der Waals surface area contributed by atoms with Gasteiger partial charge in [0.2, 0.25) is 0 Å². The average Bonchev–Trinajstić information content (AvgIpc) is 2.53. The van der Waals surface area contributed by atoms with Crippen molar-refractivity contribution in [3.63, 3.8) is 0 Å². The molecule has 0 spiro atoms. The van der Waals surface area contributed by atoms with E-state index >= 15 is 0 Å². The third kappa shape index (κ3) is 3.84. The van der Waals surface area contributed by atoms with Gasteiger partial charge in [0.1, 0.15) is 5.75 Å². The maximum atomic E-state index is 12.0. The summed E-state index contributed by atoms with van der Waals surface area (Å²) >= 11 is 0. The Bertz CT molecular complexity index is 484. The SMILES string of the molecule is COc1cccc(C(O)C(=O)NCC2CC=CCC2)c1. The van der Waals surface area contributed by atoms with Gasteiger partial charge in [-0.25, -0.2) is 0 Å². The molecule has 1 amide bonds. The highest BCUT2D eigenvalue weighted by molar-refractivity contribution is 5.82. The van der Waals surface area contributed by atoms with E-state index in [9.17, 15) is 9.90 Å². The third-order valence-electron chi connectivity index (χ3n) is 3.60. The molecule has 2 unspecified atom stereocenters. The van der Waals surface area contributed by atoms with E-state index in [2.05, 4.69) is 17.5 Å². The van der Waals surface area contributed by atoms with E-state index in [-0.39, 0.29) is 5.91 Å². The summed E-state index contributed by atoms with van der Waals surface area (Å²) in [5.74, 6) is 0.751. The highest BCUT2D eigenvalue weighted by Gasteiger charge is 2.19. The maximum absolute atomic E-state index is 12.0. The van der Waals surface area contributed by atoms with E-state index in [1.807, 2.05) is 0 Å². The molecule has 0 aromatic heterocycles. The van der Waals surface area contributed by atoms with E-state index < -0.39 is 6.10 Å². The predicted octanol–water partition coefficient (Wildman–Crippen LogP) is 2.20. The molecule has 1 aromatic rings. The van der Waals surface area contributed by atoms with Crippen molar-refractivity contribution in [2.45, 2.75) is 25.4 Å². The van der Waals surface area contributed by atoms with Gasteiger partial charge in [0.25, 0.3) is 5.91 Å². The van der Waals surface area contributed by atoms with Crippen molar-refractivity contribution in [2.75, 3.05) is 13.7 Å². The van der Waals surface area contributed by atoms with Gasteiger partial charge in [0, 0.05) is 6.54 Å². The highest BCUT2D eigenvalue weighted by atomic mass is 16.5. The summed E-state index contributed by atoms with van der Waals surface area (Å²) in [6, 6.07) is 6.93. The predicted molar refractivity (Wildman–Crippen MR) is 77.4 cm³/mol. The number of allylic oxidation sites excluding steroid dienone is 2. The molecule has 0 aliphatic heterocycles. The molecule has 0 bridgehead atoms. The van der Waals surface area contributed by atoms with Crippen LogP contribution in [0.5, 0.6) is 5.75 Å². The topological polar surface area (TPSA) is 58.6 Å². The molecule has 0 saturated carbocycles. The summed E-state index contributed by atoms with van der Waals surface area (Å²) in [7, 11) is 1.56. The molecule has 0 heterocycles. The molecule has 0 saturated heterocycles. The minimum absolute atomic E-state index is 0.354. The Labute approximate surface area is 119 Å². The van der Waals surface area contributed by atoms with Crippen molar-refractivity contribution in [3.8, 4) is 5.75 Å². The van der Waals surface area contributed by atoms with Crippen molar-refractivity contribution in [1.29, 1.82) is 0 Å². The Kier molecular flexibility index (Phi) is 5.18. The fourth-order valence-corrected chi connectivity index (χ4v) is 2.35. The number of nitrogens with one attached hydrogen (secondary N) is 1. The molecule has 1 aliphatic rings. The quantitative estimate of drug-likeness (QED) is 0.810. The number of aliphatic hydroxyl groups excluding tert-OH is 1. The molecule has 108 valence electrons. The number of rotatable bonds is 5. The smallest absolute Gasteiger partial charge is 0.253 e. The Morgan fingerprint density at radius 1 is 1.50 bits per heavy atom. The van der Waals surface area contributed by atoms with Crippen LogP contribution >= 0.6 is 0 Å². The van der Waals surface area contributed by atoms with Gasteiger partial charge >= 0.3 is 0 Å². The van der Waals surface area contributed by atoms with Gasteiger partial charge in [-0.2, -0.15) is 0 Å². The fourth-order valence-electron chi connectivity index (χ4n) is 2.35. The van der Waals surface area contributed by atoms with Crippen molar-refractivity contribution < 1.29 is 14.6 Å². The summed E-state index contributed by atoms with van der Waals surface area (Å²) in [6.07, 6.45) is 6.33. The zero-order chi connectivity index (χ0) is 14.4. The van der Waals surface area contributed by atoms with Crippen molar-refractivity contribution >= 4 is 5.91 Å². The van der Waals surface area contributed by atoms with Gasteiger partial charge in [-0.3, -0.25) is 4.79 Å². The maximum Gasteiger partial charge on any atom is 0.253 e. The lowest BCUT2D eigenvalue weighted by Crippen LogP contribution is -2.33. The molecule has 20 heavy (non-hydrogen) atoms. The number of methoxy groups -OCH3 is 1. The monoisotopic (exact) mass is 275 g/mol. The number of aliphatic hydroxyl groups is 1. The molecule has 2 rings (SSSR count). The van der Waals surface area contributed by atoms with Crippen LogP contribution in [-0.2, 0) is 4.79 Å². The summed E-state index contributed by atoms with van der Waals surface area (Å²) in [4.78, 5) is 12.0. The van der Waals surface area contributed by atoms with Crippen LogP contribution in [0, 0.1) is 5.92 Å². The summed E-state index contributed by atoms with van der Waals surface area (Å²) in [6.45, 7) is 0.615. The Morgan fingerprint density at radius 2 is 2.35 bits per heavy atom. The van der Waals surface area contributed by atoms with Gasteiger partial charge in [-0.15, -0.1) is 0 Å². The van der Waals surface area contributed by atoms with Crippen LogP contribution in [0.4, 0.5) is 0 Å². The van der Waals surface area contributed by atoms with Crippen molar-refractivity contribution in [3.05, 3.63) is 42.0 Å². The van der Waals surface area contributed by atoms with Crippen LogP contribution in [0.15, 0.2) is 36.4 Å². The zero-order valence-electron chi connectivity index (χ0n) is 11.7. The Balaban J connectivity index is 1.89. The van der Waals surface area contributed by atoms with Crippen LogP contribution in [0.25, 0.3) is 0 Å². The third-order valence-corrected chi connectivity index (χ3v) is 3.60. The molecule has 2 atom stereocenters. The number of benzene rings is 1. The zero-order valence-corrected chi connectivity index (χ0v) is 11.7. The van der Waals surface area contributed by atoms with Crippen LogP contribution in [-0.4, -0.2) is 24.7 Å². The van der Waals surface area contributed by atoms with E-state index in [4.69, 9.17) is 4.74 Å². The molecule has 2 N–H and O–H groups in total. The number of carbonyl (C=O) groups excluding carboxylic acids is 1. The van der Waals surface area contributed by atoms with E-state index in [1.54, 1.807) is 31.4 Å². The number of ether oxygens (including phenoxy) is 1. The molecular formula is C16H21NO3. The molecule has 0 radical (unpaired) electrons. The lowest BCUT2D eigenvalue weighted by atomic mass is 9.94.